The number of methoxy groups -OCH3 is 1. The maximum atomic E-state index is 12.6. The van der Waals surface area contributed by atoms with Gasteiger partial charge in [-0.2, -0.15) is 0 Å². The molecule has 3 rings (SSSR count). The summed E-state index contributed by atoms with van der Waals surface area (Å²) in [4.78, 5) is 33.9. The molecule has 1 fully saturated rings. The summed E-state index contributed by atoms with van der Waals surface area (Å²) in [5, 5.41) is 2.80. The molecule has 2 heterocycles. The highest BCUT2D eigenvalue weighted by molar-refractivity contribution is 6.08. The van der Waals surface area contributed by atoms with Gasteiger partial charge in [-0.3, -0.25) is 14.9 Å². The molecule has 2 aliphatic rings. The number of esters is 1. The second kappa shape index (κ2) is 7.65. The van der Waals surface area contributed by atoms with Gasteiger partial charge in [0, 0.05) is 26.2 Å². The summed E-state index contributed by atoms with van der Waals surface area (Å²) in [6.45, 7) is 6.63. The Balaban J connectivity index is 1.89. The van der Waals surface area contributed by atoms with Crippen molar-refractivity contribution in [3.63, 3.8) is 0 Å². The first-order chi connectivity index (χ1) is 12.1. The molecule has 0 saturated carbocycles. The van der Waals surface area contributed by atoms with Crippen LogP contribution in [0.5, 0.6) is 0 Å². The Hall–Kier alpha value is -2.41. The van der Waals surface area contributed by atoms with Crippen molar-refractivity contribution in [1.82, 2.24) is 15.1 Å². The summed E-state index contributed by atoms with van der Waals surface area (Å²) in [6, 6.07) is 8.86. The van der Waals surface area contributed by atoms with Crippen LogP contribution in [0, 0.1) is 5.92 Å². The van der Waals surface area contributed by atoms with E-state index in [1.807, 2.05) is 30.3 Å². The first-order valence-electron chi connectivity index (χ1n) is 8.62. The van der Waals surface area contributed by atoms with E-state index in [2.05, 4.69) is 22.0 Å². The van der Waals surface area contributed by atoms with Crippen LogP contribution in [0.4, 0.5) is 0 Å². The Morgan fingerprint density at radius 2 is 1.92 bits per heavy atom. The van der Waals surface area contributed by atoms with E-state index < -0.39 is 17.9 Å². The summed E-state index contributed by atoms with van der Waals surface area (Å²) in [5.74, 6) is -1.34. The monoisotopic (exact) mass is 344 g/mol. The second-order valence-electron chi connectivity index (χ2n) is 6.22. The van der Waals surface area contributed by atoms with Gasteiger partial charge in [0.15, 0.2) is 5.92 Å². The van der Waals surface area contributed by atoms with Crippen molar-refractivity contribution in [3.05, 3.63) is 35.9 Å². The maximum absolute atomic E-state index is 12.6. The quantitative estimate of drug-likeness (QED) is 0.643. The standard InChI is InChI=1S/C18H24N4O3/c1-3-21-9-11-22(12-10-21)18-19-15(13-7-5-4-6-8-13)14(16(23)20-18)17(24)25-2/h4-8,14-15H,3,9-12H2,1-2H3,(H,19,20,23)/t14-,15-/m1/s1. The molecule has 1 aromatic carbocycles. The molecule has 1 amide bonds. The summed E-state index contributed by atoms with van der Waals surface area (Å²) in [5.41, 5.74) is 0.831. The molecule has 134 valence electrons. The van der Waals surface area contributed by atoms with Crippen molar-refractivity contribution in [2.75, 3.05) is 39.8 Å². The highest BCUT2D eigenvalue weighted by atomic mass is 16.5. The van der Waals surface area contributed by atoms with Gasteiger partial charge in [-0.1, -0.05) is 37.3 Å². The van der Waals surface area contributed by atoms with E-state index in [-0.39, 0.29) is 5.91 Å². The van der Waals surface area contributed by atoms with Gasteiger partial charge in [0.05, 0.1) is 7.11 Å². The first kappa shape index (κ1) is 17.4. The lowest BCUT2D eigenvalue weighted by atomic mass is 9.91. The number of ether oxygens (including phenoxy) is 1. The average molecular weight is 344 g/mol. The SMILES string of the molecule is CCN1CCN(C2=N[C@H](c3ccccc3)[C@@H](C(=O)OC)C(=O)N2)CC1. The van der Waals surface area contributed by atoms with Gasteiger partial charge in [-0.25, -0.2) is 4.99 Å². The fourth-order valence-electron chi connectivity index (χ4n) is 3.29. The number of carbonyl (C=O) groups is 2. The lowest BCUT2D eigenvalue weighted by Gasteiger charge is -2.38. The van der Waals surface area contributed by atoms with Crippen LogP contribution in [0.15, 0.2) is 35.3 Å². The third-order valence-corrected chi connectivity index (χ3v) is 4.81. The minimum atomic E-state index is -0.965. The lowest BCUT2D eigenvalue weighted by Crippen LogP contribution is -2.57. The molecule has 1 saturated heterocycles. The number of hydrogen-bond acceptors (Lipinski definition) is 6. The third kappa shape index (κ3) is 3.66. The Morgan fingerprint density at radius 3 is 2.52 bits per heavy atom. The fourth-order valence-corrected chi connectivity index (χ4v) is 3.29. The van der Waals surface area contributed by atoms with Gasteiger partial charge in [-0.15, -0.1) is 0 Å². The predicted octanol–water partition coefficient (Wildman–Crippen LogP) is 0.640. The number of carbonyl (C=O) groups excluding carboxylic acids is 2. The molecule has 1 aromatic rings. The topological polar surface area (TPSA) is 74.2 Å². The zero-order valence-electron chi connectivity index (χ0n) is 14.6. The predicted molar refractivity (Wildman–Crippen MR) is 94.0 cm³/mol. The molecule has 0 bridgehead atoms. The maximum Gasteiger partial charge on any atom is 0.320 e. The molecule has 0 unspecified atom stereocenters. The molecule has 0 aromatic heterocycles. The average Bonchev–Trinajstić information content (AvgIpc) is 2.67. The summed E-state index contributed by atoms with van der Waals surface area (Å²) in [6.07, 6.45) is 0. The van der Waals surface area contributed by atoms with E-state index in [0.29, 0.717) is 5.96 Å². The first-order valence-corrected chi connectivity index (χ1v) is 8.62. The Kier molecular flexibility index (Phi) is 5.33. The molecule has 0 radical (unpaired) electrons. The number of rotatable bonds is 3. The normalized spacial score (nSPS) is 24.5. The van der Waals surface area contributed by atoms with Crippen LogP contribution in [0.25, 0.3) is 0 Å². The minimum Gasteiger partial charge on any atom is -0.468 e. The number of nitrogens with zero attached hydrogens (tertiary/aromatic N) is 3. The zero-order chi connectivity index (χ0) is 17.8. The van der Waals surface area contributed by atoms with Crippen molar-refractivity contribution in [1.29, 1.82) is 0 Å². The van der Waals surface area contributed by atoms with Gasteiger partial charge in [0.25, 0.3) is 0 Å². The van der Waals surface area contributed by atoms with Crippen molar-refractivity contribution in [2.24, 2.45) is 10.9 Å². The van der Waals surface area contributed by atoms with Crippen molar-refractivity contribution in [3.8, 4) is 0 Å². The molecule has 0 spiro atoms. The number of aliphatic imine (C=N–C) groups is 1. The number of guanidine groups is 1. The number of benzene rings is 1. The van der Waals surface area contributed by atoms with Crippen LogP contribution in [-0.2, 0) is 14.3 Å². The van der Waals surface area contributed by atoms with Crippen LogP contribution in [0.1, 0.15) is 18.5 Å². The molecule has 2 aliphatic heterocycles. The molecular formula is C18H24N4O3. The molecule has 7 nitrogen and oxygen atoms in total. The van der Waals surface area contributed by atoms with Crippen LogP contribution in [0.2, 0.25) is 0 Å². The van der Waals surface area contributed by atoms with E-state index in [1.54, 1.807) is 0 Å². The van der Waals surface area contributed by atoms with Crippen LogP contribution >= 0.6 is 0 Å². The smallest absolute Gasteiger partial charge is 0.320 e. The van der Waals surface area contributed by atoms with Crippen LogP contribution < -0.4 is 5.32 Å². The summed E-state index contributed by atoms with van der Waals surface area (Å²) in [7, 11) is 1.29. The Bertz CT molecular complexity index is 654. The van der Waals surface area contributed by atoms with Gasteiger partial charge in [0.1, 0.15) is 6.04 Å². The molecule has 2 atom stereocenters. The van der Waals surface area contributed by atoms with Crippen molar-refractivity contribution < 1.29 is 14.3 Å². The number of hydrogen-bond donors (Lipinski definition) is 1. The highest BCUT2D eigenvalue weighted by Crippen LogP contribution is 2.30. The van der Waals surface area contributed by atoms with Gasteiger partial charge < -0.3 is 14.5 Å². The zero-order valence-corrected chi connectivity index (χ0v) is 14.6. The van der Waals surface area contributed by atoms with E-state index >= 15 is 0 Å². The number of amides is 1. The van der Waals surface area contributed by atoms with E-state index in [9.17, 15) is 9.59 Å². The van der Waals surface area contributed by atoms with Crippen molar-refractivity contribution in [2.45, 2.75) is 13.0 Å². The largest absolute Gasteiger partial charge is 0.468 e. The summed E-state index contributed by atoms with van der Waals surface area (Å²) >= 11 is 0. The van der Waals surface area contributed by atoms with Gasteiger partial charge >= 0.3 is 5.97 Å². The van der Waals surface area contributed by atoms with Crippen LogP contribution in [0.3, 0.4) is 0 Å². The van der Waals surface area contributed by atoms with Gasteiger partial charge in [-0.05, 0) is 12.1 Å². The number of likely N-dealkylation sites (N-methyl/N-ethyl adjacent to an activating group) is 1. The highest BCUT2D eigenvalue weighted by Gasteiger charge is 2.41. The molecule has 1 N–H and O–H groups in total. The Labute approximate surface area is 147 Å². The lowest BCUT2D eigenvalue weighted by molar-refractivity contribution is -0.151. The van der Waals surface area contributed by atoms with Crippen molar-refractivity contribution >= 4 is 17.8 Å². The second-order valence-corrected chi connectivity index (χ2v) is 6.22. The van der Waals surface area contributed by atoms with E-state index in [4.69, 9.17) is 9.73 Å². The van der Waals surface area contributed by atoms with Crippen LogP contribution in [-0.4, -0.2) is 67.5 Å². The third-order valence-electron chi connectivity index (χ3n) is 4.81. The molecule has 0 aliphatic carbocycles. The number of nitrogens with one attached hydrogen (secondary N) is 1. The van der Waals surface area contributed by atoms with E-state index in [1.165, 1.54) is 7.11 Å². The number of piperazine rings is 1. The minimum absolute atomic E-state index is 0.358. The Morgan fingerprint density at radius 1 is 1.24 bits per heavy atom. The van der Waals surface area contributed by atoms with E-state index in [0.717, 1.165) is 38.3 Å². The van der Waals surface area contributed by atoms with Gasteiger partial charge in [0.2, 0.25) is 11.9 Å². The molecule has 7 heteroatoms. The molecule has 25 heavy (non-hydrogen) atoms. The molecular weight excluding hydrogens is 320 g/mol. The summed E-state index contributed by atoms with van der Waals surface area (Å²) < 4.78 is 4.83. The fraction of sp³-hybridized carbons (Fsp3) is 0.500.